The summed E-state index contributed by atoms with van der Waals surface area (Å²) >= 11 is 0. The smallest absolute Gasteiger partial charge is 0.159 e. The number of rotatable bonds is 4. The minimum absolute atomic E-state index is 0.145. The van der Waals surface area contributed by atoms with E-state index in [4.69, 9.17) is 4.74 Å². The van der Waals surface area contributed by atoms with Crippen molar-refractivity contribution < 1.29 is 9.53 Å². The normalized spacial score (nSPS) is 24.3. The lowest BCUT2D eigenvalue weighted by Gasteiger charge is -2.41. The molecule has 0 radical (unpaired) electrons. The van der Waals surface area contributed by atoms with Gasteiger partial charge >= 0.3 is 0 Å². The molecule has 3 rings (SSSR count). The zero-order valence-electron chi connectivity index (χ0n) is 13.5. The highest BCUT2D eigenvalue weighted by Gasteiger charge is 2.26. The molecule has 0 amide bonds. The van der Waals surface area contributed by atoms with Crippen molar-refractivity contribution in [2.75, 3.05) is 39.4 Å². The van der Waals surface area contributed by atoms with E-state index in [-0.39, 0.29) is 5.78 Å². The summed E-state index contributed by atoms with van der Waals surface area (Å²) in [5.41, 5.74) is 2.06. The van der Waals surface area contributed by atoms with Gasteiger partial charge in [-0.15, -0.1) is 0 Å². The first kappa shape index (κ1) is 15.7. The van der Waals surface area contributed by atoms with Crippen molar-refractivity contribution in [2.45, 2.75) is 32.4 Å². The maximum Gasteiger partial charge on any atom is 0.159 e. The molecule has 0 aromatic heterocycles. The fourth-order valence-electron chi connectivity index (χ4n) is 3.56. The number of hydrogen-bond acceptors (Lipinski definition) is 4. The molecule has 4 nitrogen and oxygen atoms in total. The Bertz CT molecular complexity index is 512. The van der Waals surface area contributed by atoms with Crippen LogP contribution in [0.25, 0.3) is 0 Å². The number of piperidine rings is 1. The molecule has 2 fully saturated rings. The van der Waals surface area contributed by atoms with E-state index >= 15 is 0 Å². The van der Waals surface area contributed by atoms with Crippen LogP contribution in [-0.4, -0.2) is 61.0 Å². The van der Waals surface area contributed by atoms with Crippen molar-refractivity contribution in [1.29, 1.82) is 0 Å². The standard InChI is InChI=1S/C18H26N2O2/c1-15(21)17-5-2-4-16(12-17)13-19-7-3-6-18(14-19)20-8-10-22-11-9-20/h2,4-5,12,18H,3,6-11,13-14H2,1H3. The van der Waals surface area contributed by atoms with E-state index in [1.807, 2.05) is 18.2 Å². The summed E-state index contributed by atoms with van der Waals surface area (Å²) in [6.07, 6.45) is 2.55. The first-order valence-corrected chi connectivity index (χ1v) is 8.36. The number of hydrogen-bond donors (Lipinski definition) is 0. The van der Waals surface area contributed by atoms with Gasteiger partial charge in [0.05, 0.1) is 13.2 Å². The van der Waals surface area contributed by atoms with Gasteiger partial charge in [-0.05, 0) is 37.9 Å². The maximum atomic E-state index is 11.5. The van der Waals surface area contributed by atoms with Gasteiger partial charge in [0, 0.05) is 37.8 Å². The van der Waals surface area contributed by atoms with Crippen LogP contribution in [0.1, 0.15) is 35.7 Å². The van der Waals surface area contributed by atoms with Crippen LogP contribution in [0.4, 0.5) is 0 Å². The van der Waals surface area contributed by atoms with Gasteiger partial charge in [0.2, 0.25) is 0 Å². The second kappa shape index (κ2) is 7.36. The van der Waals surface area contributed by atoms with Gasteiger partial charge in [0.1, 0.15) is 0 Å². The maximum absolute atomic E-state index is 11.5. The second-order valence-corrected chi connectivity index (χ2v) is 6.44. The molecule has 2 aliphatic heterocycles. The molecule has 1 aromatic rings. The minimum atomic E-state index is 0.145. The summed E-state index contributed by atoms with van der Waals surface area (Å²) in [7, 11) is 0. The molecule has 22 heavy (non-hydrogen) atoms. The zero-order valence-corrected chi connectivity index (χ0v) is 13.5. The number of ketones is 1. The summed E-state index contributed by atoms with van der Waals surface area (Å²) in [5.74, 6) is 0.145. The Kier molecular flexibility index (Phi) is 5.24. The molecule has 0 N–H and O–H groups in total. The quantitative estimate of drug-likeness (QED) is 0.798. The summed E-state index contributed by atoms with van der Waals surface area (Å²) in [6, 6.07) is 8.73. The summed E-state index contributed by atoms with van der Waals surface area (Å²) in [5, 5.41) is 0. The Hall–Kier alpha value is -1.23. The van der Waals surface area contributed by atoms with E-state index < -0.39 is 0 Å². The van der Waals surface area contributed by atoms with Crippen molar-refractivity contribution >= 4 is 5.78 Å². The van der Waals surface area contributed by atoms with Gasteiger partial charge in [-0.2, -0.15) is 0 Å². The highest BCUT2D eigenvalue weighted by Crippen LogP contribution is 2.19. The van der Waals surface area contributed by atoms with Crippen molar-refractivity contribution in [1.82, 2.24) is 9.80 Å². The SMILES string of the molecule is CC(=O)c1cccc(CN2CCCC(N3CCOCC3)C2)c1. The Morgan fingerprint density at radius 1 is 1.27 bits per heavy atom. The average molecular weight is 302 g/mol. The summed E-state index contributed by atoms with van der Waals surface area (Å²) < 4.78 is 5.46. The molecule has 4 heteroatoms. The number of benzene rings is 1. The van der Waals surface area contributed by atoms with Crippen LogP contribution in [0.15, 0.2) is 24.3 Å². The Balaban J connectivity index is 1.60. The monoisotopic (exact) mass is 302 g/mol. The number of likely N-dealkylation sites (tertiary alicyclic amines) is 1. The number of nitrogens with zero attached hydrogens (tertiary/aromatic N) is 2. The zero-order chi connectivity index (χ0) is 15.4. The third kappa shape index (κ3) is 3.94. The van der Waals surface area contributed by atoms with E-state index in [0.29, 0.717) is 6.04 Å². The first-order chi connectivity index (χ1) is 10.7. The molecule has 1 unspecified atom stereocenters. The number of carbonyl (C=O) groups is 1. The molecule has 0 bridgehead atoms. The third-order valence-corrected chi connectivity index (χ3v) is 4.78. The van der Waals surface area contributed by atoms with E-state index in [1.165, 1.54) is 18.4 Å². The molecule has 1 atom stereocenters. The van der Waals surface area contributed by atoms with Crippen LogP contribution in [0.5, 0.6) is 0 Å². The lowest BCUT2D eigenvalue weighted by molar-refractivity contribution is -0.00358. The minimum Gasteiger partial charge on any atom is -0.379 e. The van der Waals surface area contributed by atoms with Gasteiger partial charge < -0.3 is 4.74 Å². The molecule has 0 spiro atoms. The average Bonchev–Trinajstić information content (AvgIpc) is 2.56. The van der Waals surface area contributed by atoms with Crippen LogP contribution in [0.2, 0.25) is 0 Å². The molecule has 2 heterocycles. The number of morpholine rings is 1. The highest BCUT2D eigenvalue weighted by atomic mass is 16.5. The van der Waals surface area contributed by atoms with Crippen molar-refractivity contribution in [2.24, 2.45) is 0 Å². The van der Waals surface area contributed by atoms with Gasteiger partial charge in [0.25, 0.3) is 0 Å². The summed E-state index contributed by atoms with van der Waals surface area (Å²) in [4.78, 5) is 16.6. The van der Waals surface area contributed by atoms with Crippen molar-refractivity contribution in [3.8, 4) is 0 Å². The number of ether oxygens (including phenoxy) is 1. The fraction of sp³-hybridized carbons (Fsp3) is 0.611. The molecule has 0 aliphatic carbocycles. The summed E-state index contributed by atoms with van der Waals surface area (Å²) in [6.45, 7) is 8.75. The highest BCUT2D eigenvalue weighted by molar-refractivity contribution is 5.94. The van der Waals surface area contributed by atoms with Crippen molar-refractivity contribution in [3.05, 3.63) is 35.4 Å². The van der Waals surface area contributed by atoms with Crippen molar-refractivity contribution in [3.63, 3.8) is 0 Å². The predicted octanol–water partition coefficient (Wildman–Crippen LogP) is 2.19. The Labute approximate surface area is 133 Å². The van der Waals surface area contributed by atoms with E-state index in [1.54, 1.807) is 6.92 Å². The lowest BCUT2D eigenvalue weighted by Crippen LogP contribution is -2.51. The third-order valence-electron chi connectivity index (χ3n) is 4.78. The molecule has 120 valence electrons. The molecule has 0 saturated carbocycles. The second-order valence-electron chi connectivity index (χ2n) is 6.44. The Morgan fingerprint density at radius 2 is 2.09 bits per heavy atom. The van der Waals surface area contributed by atoms with E-state index in [9.17, 15) is 4.79 Å². The van der Waals surface area contributed by atoms with E-state index in [2.05, 4.69) is 15.9 Å². The van der Waals surface area contributed by atoms with Crippen LogP contribution in [0, 0.1) is 0 Å². The van der Waals surface area contributed by atoms with Crippen LogP contribution in [0.3, 0.4) is 0 Å². The van der Waals surface area contributed by atoms with Crippen LogP contribution >= 0.6 is 0 Å². The van der Waals surface area contributed by atoms with Gasteiger partial charge in [0.15, 0.2) is 5.78 Å². The molecule has 1 aromatic carbocycles. The first-order valence-electron chi connectivity index (χ1n) is 8.36. The predicted molar refractivity (Wildman–Crippen MR) is 87.1 cm³/mol. The topological polar surface area (TPSA) is 32.8 Å². The van der Waals surface area contributed by atoms with Gasteiger partial charge in [-0.25, -0.2) is 0 Å². The number of carbonyl (C=O) groups excluding carboxylic acids is 1. The largest absolute Gasteiger partial charge is 0.379 e. The van der Waals surface area contributed by atoms with E-state index in [0.717, 1.165) is 51.5 Å². The molecule has 2 saturated heterocycles. The van der Waals surface area contributed by atoms with Crippen LogP contribution < -0.4 is 0 Å². The molecule has 2 aliphatic rings. The Morgan fingerprint density at radius 3 is 2.86 bits per heavy atom. The number of Topliss-reactive ketones (excluding diaryl/α,β-unsaturated/α-hetero) is 1. The van der Waals surface area contributed by atoms with Gasteiger partial charge in [-0.1, -0.05) is 18.2 Å². The van der Waals surface area contributed by atoms with Crippen LogP contribution in [-0.2, 0) is 11.3 Å². The molecular weight excluding hydrogens is 276 g/mol. The van der Waals surface area contributed by atoms with Gasteiger partial charge in [-0.3, -0.25) is 14.6 Å². The lowest BCUT2D eigenvalue weighted by atomic mass is 10.0. The fourth-order valence-corrected chi connectivity index (χ4v) is 3.56. The molecular formula is C18H26N2O2.